The van der Waals surface area contributed by atoms with E-state index in [9.17, 15) is 5.26 Å². The number of imidazole rings is 2. The van der Waals surface area contributed by atoms with Crippen molar-refractivity contribution in [2.75, 3.05) is 19.7 Å². The highest BCUT2D eigenvalue weighted by Gasteiger charge is 2.21. The smallest absolute Gasteiger partial charge is 0.240 e. The Morgan fingerprint density at radius 1 is 1.11 bits per heavy atom. The second kappa shape index (κ2) is 8.85. The van der Waals surface area contributed by atoms with Crippen LogP contribution in [0.25, 0.3) is 39.1 Å². The molecule has 1 aliphatic rings. The summed E-state index contributed by atoms with van der Waals surface area (Å²) >= 11 is 0. The Kier molecular flexibility index (Phi) is 5.39. The van der Waals surface area contributed by atoms with Gasteiger partial charge in [-0.25, -0.2) is 15.0 Å². The van der Waals surface area contributed by atoms with Crippen LogP contribution in [0.15, 0.2) is 61.3 Å². The molecule has 4 heterocycles. The molecule has 6 rings (SSSR count). The van der Waals surface area contributed by atoms with Crippen LogP contribution in [0.1, 0.15) is 18.4 Å². The number of nitrogens with zero attached hydrogens (tertiary/aromatic N) is 6. The summed E-state index contributed by atoms with van der Waals surface area (Å²) in [5.41, 5.74) is 6.96. The van der Waals surface area contributed by atoms with Crippen molar-refractivity contribution in [3.05, 3.63) is 66.9 Å². The molecule has 0 amide bonds. The van der Waals surface area contributed by atoms with E-state index < -0.39 is 0 Å². The maximum Gasteiger partial charge on any atom is 0.240 e. The number of fused-ring (bicyclic) bond motifs is 2. The van der Waals surface area contributed by atoms with Crippen LogP contribution in [0, 0.1) is 17.2 Å². The van der Waals surface area contributed by atoms with Crippen LogP contribution in [0.2, 0.25) is 0 Å². The molecular formula is C27H25N7O. The maximum absolute atomic E-state index is 9.27. The van der Waals surface area contributed by atoms with Gasteiger partial charge in [0.1, 0.15) is 5.52 Å². The van der Waals surface area contributed by atoms with Gasteiger partial charge in [-0.05, 0) is 43.7 Å². The highest BCUT2D eigenvalue weighted by Crippen LogP contribution is 2.36. The number of nitriles is 1. The van der Waals surface area contributed by atoms with Crippen molar-refractivity contribution in [2.45, 2.75) is 12.8 Å². The molecule has 35 heavy (non-hydrogen) atoms. The quantitative estimate of drug-likeness (QED) is 0.420. The Bertz CT molecular complexity index is 1550. The molecule has 0 bridgehead atoms. The van der Waals surface area contributed by atoms with Crippen molar-refractivity contribution in [1.82, 2.24) is 29.2 Å². The average molecular weight is 464 g/mol. The van der Waals surface area contributed by atoms with E-state index in [1.54, 1.807) is 12.5 Å². The van der Waals surface area contributed by atoms with Crippen molar-refractivity contribution in [2.24, 2.45) is 13.0 Å². The number of ether oxygens (including phenoxy) is 1. The van der Waals surface area contributed by atoms with Crippen molar-refractivity contribution >= 4 is 16.6 Å². The zero-order valence-electron chi connectivity index (χ0n) is 19.5. The minimum absolute atomic E-state index is 0.457. The van der Waals surface area contributed by atoms with Crippen LogP contribution in [-0.4, -0.2) is 43.6 Å². The monoisotopic (exact) mass is 463 g/mol. The lowest BCUT2D eigenvalue weighted by molar-refractivity contribution is 0.214. The Hall–Kier alpha value is -4.22. The molecule has 0 spiro atoms. The van der Waals surface area contributed by atoms with Gasteiger partial charge in [0.25, 0.3) is 0 Å². The minimum atomic E-state index is 0.457. The molecule has 1 N–H and O–H groups in total. The number of hydrogen-bond donors (Lipinski definition) is 1. The number of hydrogen-bond acceptors (Lipinski definition) is 6. The summed E-state index contributed by atoms with van der Waals surface area (Å²) in [6, 6.07) is 15.9. The molecule has 1 fully saturated rings. The number of aromatic nitrogens is 5. The van der Waals surface area contributed by atoms with Gasteiger partial charge in [0.15, 0.2) is 0 Å². The van der Waals surface area contributed by atoms with Crippen molar-refractivity contribution in [1.29, 1.82) is 5.26 Å². The molecule has 3 aromatic heterocycles. The van der Waals surface area contributed by atoms with Gasteiger partial charge in [-0.3, -0.25) is 4.40 Å². The van der Waals surface area contributed by atoms with Crippen LogP contribution in [-0.2, 0) is 7.05 Å². The molecule has 8 nitrogen and oxygen atoms in total. The molecule has 1 saturated heterocycles. The summed E-state index contributed by atoms with van der Waals surface area (Å²) in [4.78, 5) is 14.0. The van der Waals surface area contributed by atoms with Gasteiger partial charge in [0, 0.05) is 30.6 Å². The lowest BCUT2D eigenvalue weighted by atomic mass is 10.0. The number of rotatable bonds is 5. The fourth-order valence-electron chi connectivity index (χ4n) is 4.79. The SMILES string of the molecule is Cn1cnc2cc(-c3c(-c4ccc(C#N)cc4)nc(OC[C@@H]4CCCNC4)c4cncn34)ccc21. The normalized spacial score (nSPS) is 15.9. The van der Waals surface area contributed by atoms with Crippen LogP contribution in [0.5, 0.6) is 5.88 Å². The Balaban J connectivity index is 1.51. The van der Waals surface area contributed by atoms with Crippen molar-refractivity contribution < 1.29 is 4.74 Å². The van der Waals surface area contributed by atoms with Gasteiger partial charge in [0.05, 0.1) is 59.5 Å². The van der Waals surface area contributed by atoms with E-state index in [0.717, 1.165) is 65.0 Å². The topological polar surface area (TPSA) is 93.1 Å². The fraction of sp³-hybridized carbons (Fsp3) is 0.259. The molecule has 174 valence electrons. The third-order valence-electron chi connectivity index (χ3n) is 6.68. The lowest BCUT2D eigenvalue weighted by Crippen LogP contribution is -2.33. The third kappa shape index (κ3) is 3.90. The summed E-state index contributed by atoms with van der Waals surface area (Å²) in [7, 11) is 1.99. The molecule has 0 saturated carbocycles. The molecular weight excluding hydrogens is 438 g/mol. The van der Waals surface area contributed by atoms with Crippen LogP contribution in [0.3, 0.4) is 0 Å². The number of piperidine rings is 1. The molecule has 1 aliphatic heterocycles. The zero-order chi connectivity index (χ0) is 23.8. The van der Waals surface area contributed by atoms with Crippen LogP contribution in [0.4, 0.5) is 0 Å². The summed E-state index contributed by atoms with van der Waals surface area (Å²) in [6.45, 7) is 2.63. The highest BCUT2D eigenvalue weighted by atomic mass is 16.5. The first-order valence-electron chi connectivity index (χ1n) is 11.8. The Morgan fingerprint density at radius 2 is 1.97 bits per heavy atom. The number of aryl methyl sites for hydroxylation is 1. The molecule has 0 aliphatic carbocycles. The summed E-state index contributed by atoms with van der Waals surface area (Å²) < 4.78 is 10.4. The van der Waals surface area contributed by atoms with Gasteiger partial charge < -0.3 is 14.6 Å². The molecule has 8 heteroatoms. The lowest BCUT2D eigenvalue weighted by Gasteiger charge is -2.23. The van der Waals surface area contributed by atoms with Gasteiger partial charge in [-0.15, -0.1) is 0 Å². The average Bonchev–Trinajstić information content (AvgIpc) is 3.54. The highest BCUT2D eigenvalue weighted by molar-refractivity contribution is 5.87. The van der Waals surface area contributed by atoms with Crippen LogP contribution < -0.4 is 10.1 Å². The predicted molar refractivity (Wildman–Crippen MR) is 134 cm³/mol. The molecule has 2 aromatic carbocycles. The maximum atomic E-state index is 9.27. The zero-order valence-corrected chi connectivity index (χ0v) is 19.5. The summed E-state index contributed by atoms with van der Waals surface area (Å²) in [5.74, 6) is 1.02. The van der Waals surface area contributed by atoms with Gasteiger partial charge in [-0.1, -0.05) is 18.2 Å². The molecule has 5 aromatic rings. The largest absolute Gasteiger partial charge is 0.476 e. The first-order chi connectivity index (χ1) is 17.2. The van der Waals surface area contributed by atoms with Gasteiger partial charge in [0.2, 0.25) is 5.88 Å². The van der Waals surface area contributed by atoms with E-state index in [2.05, 4.69) is 39.6 Å². The molecule has 0 unspecified atom stereocenters. The minimum Gasteiger partial charge on any atom is -0.476 e. The third-order valence-corrected chi connectivity index (χ3v) is 6.68. The second-order valence-electron chi connectivity index (χ2n) is 9.03. The van der Waals surface area contributed by atoms with Crippen molar-refractivity contribution in [3.63, 3.8) is 0 Å². The van der Waals surface area contributed by atoms with E-state index in [4.69, 9.17) is 9.72 Å². The number of benzene rings is 2. The van der Waals surface area contributed by atoms with E-state index >= 15 is 0 Å². The van der Waals surface area contributed by atoms with Gasteiger partial charge in [-0.2, -0.15) is 5.26 Å². The van der Waals surface area contributed by atoms with Crippen molar-refractivity contribution in [3.8, 4) is 34.5 Å². The van der Waals surface area contributed by atoms with Gasteiger partial charge >= 0.3 is 0 Å². The van der Waals surface area contributed by atoms with E-state index in [-0.39, 0.29) is 0 Å². The second-order valence-corrected chi connectivity index (χ2v) is 9.03. The van der Waals surface area contributed by atoms with E-state index in [0.29, 0.717) is 24.0 Å². The van der Waals surface area contributed by atoms with E-state index in [1.165, 1.54) is 0 Å². The standard InChI is InChI=1S/C27H25N7O/c1-33-17-31-22-11-21(8-9-23(22)33)26-25(20-6-4-18(12-28)5-7-20)32-27(24-14-30-16-34(24)26)35-15-19-3-2-10-29-13-19/h4-9,11,14,16-17,19,29H,2-3,10,13,15H2,1H3/t19-/m1/s1. The molecule has 0 radical (unpaired) electrons. The first-order valence-corrected chi connectivity index (χ1v) is 11.8. The number of nitrogens with one attached hydrogen (secondary N) is 1. The first kappa shape index (κ1) is 21.3. The van der Waals surface area contributed by atoms with Crippen LogP contribution >= 0.6 is 0 Å². The predicted octanol–water partition coefficient (Wildman–Crippen LogP) is 4.20. The summed E-state index contributed by atoms with van der Waals surface area (Å²) in [6.07, 6.45) is 7.73. The Labute approximate surface area is 202 Å². The Morgan fingerprint density at radius 3 is 2.77 bits per heavy atom. The fourth-order valence-corrected chi connectivity index (χ4v) is 4.79. The van der Waals surface area contributed by atoms with E-state index in [1.807, 2.05) is 46.6 Å². The summed E-state index contributed by atoms with van der Waals surface area (Å²) in [5, 5.41) is 12.7. The molecule has 1 atom stereocenters.